The molecule has 19 heavy (non-hydrogen) atoms. The van der Waals surface area contributed by atoms with Gasteiger partial charge in [0.05, 0.1) is 0 Å². The van der Waals surface area contributed by atoms with E-state index in [4.69, 9.17) is 23.2 Å². The third-order valence-electron chi connectivity index (χ3n) is 3.92. The van der Waals surface area contributed by atoms with E-state index in [0.717, 1.165) is 18.0 Å². The summed E-state index contributed by atoms with van der Waals surface area (Å²) in [5.41, 5.74) is 1.36. The van der Waals surface area contributed by atoms with E-state index in [1.165, 1.54) is 5.56 Å². The monoisotopic (exact) mass is 301 g/mol. The van der Waals surface area contributed by atoms with Crippen LogP contribution in [0.25, 0.3) is 0 Å². The van der Waals surface area contributed by atoms with Crippen LogP contribution in [-0.2, 0) is 6.42 Å². The summed E-state index contributed by atoms with van der Waals surface area (Å²) in [6, 6.07) is 6.29. The fraction of sp³-hybridized carbons (Fsp3) is 0.625. The number of halogens is 2. The summed E-state index contributed by atoms with van der Waals surface area (Å²) in [7, 11) is 0. The van der Waals surface area contributed by atoms with Gasteiger partial charge in [0.2, 0.25) is 0 Å². The van der Waals surface area contributed by atoms with Gasteiger partial charge in [0, 0.05) is 22.6 Å². The van der Waals surface area contributed by atoms with Crippen molar-refractivity contribution in [3.63, 3.8) is 0 Å². The second kappa shape index (κ2) is 6.97. The summed E-state index contributed by atoms with van der Waals surface area (Å²) in [6.45, 7) is 12.2. The predicted molar refractivity (Wildman–Crippen MR) is 86.2 cm³/mol. The lowest BCUT2D eigenvalue weighted by atomic mass is 9.74. The van der Waals surface area contributed by atoms with Gasteiger partial charge in [-0.25, -0.2) is 0 Å². The molecule has 0 aromatic heterocycles. The average Bonchev–Trinajstić information content (AvgIpc) is 2.30. The zero-order valence-electron chi connectivity index (χ0n) is 12.6. The molecule has 1 aromatic carbocycles. The van der Waals surface area contributed by atoms with Crippen molar-refractivity contribution in [1.29, 1.82) is 0 Å². The molecule has 0 aliphatic rings. The third-order valence-corrected chi connectivity index (χ3v) is 4.50. The van der Waals surface area contributed by atoms with Crippen molar-refractivity contribution < 1.29 is 0 Å². The summed E-state index contributed by atoms with van der Waals surface area (Å²) >= 11 is 12.3. The first-order valence-electron chi connectivity index (χ1n) is 6.92. The average molecular weight is 302 g/mol. The highest BCUT2D eigenvalue weighted by atomic mass is 35.5. The summed E-state index contributed by atoms with van der Waals surface area (Å²) < 4.78 is 0. The number of hydrogen-bond donors (Lipinski definition) is 1. The maximum absolute atomic E-state index is 6.30. The zero-order chi connectivity index (χ0) is 14.6. The van der Waals surface area contributed by atoms with E-state index in [9.17, 15) is 0 Å². The molecule has 1 N–H and O–H groups in total. The maximum atomic E-state index is 6.30. The molecule has 1 unspecified atom stereocenters. The van der Waals surface area contributed by atoms with Crippen LogP contribution in [0.4, 0.5) is 0 Å². The fourth-order valence-electron chi connectivity index (χ4n) is 2.01. The number of rotatable bonds is 6. The van der Waals surface area contributed by atoms with Crippen LogP contribution < -0.4 is 5.32 Å². The van der Waals surface area contributed by atoms with E-state index in [1.54, 1.807) is 0 Å². The highest BCUT2D eigenvalue weighted by molar-refractivity contribution is 6.35. The van der Waals surface area contributed by atoms with E-state index in [-0.39, 0.29) is 5.41 Å². The minimum atomic E-state index is 0.182. The minimum absolute atomic E-state index is 0.182. The van der Waals surface area contributed by atoms with Gasteiger partial charge < -0.3 is 5.32 Å². The van der Waals surface area contributed by atoms with Crippen LogP contribution in [0.1, 0.15) is 40.2 Å². The molecule has 3 heteroatoms. The van der Waals surface area contributed by atoms with Crippen molar-refractivity contribution in [2.24, 2.45) is 11.3 Å². The molecule has 0 fully saturated rings. The summed E-state index contributed by atoms with van der Waals surface area (Å²) in [5, 5.41) is 5.01. The van der Waals surface area contributed by atoms with Crippen LogP contribution >= 0.6 is 23.2 Å². The predicted octanol–water partition coefficient (Wildman–Crippen LogP) is 5.20. The topological polar surface area (TPSA) is 12.0 Å². The van der Waals surface area contributed by atoms with Crippen LogP contribution in [0, 0.1) is 11.3 Å². The standard InChI is InChI=1S/C16H25Cl2N/c1-11(2)16(5,10-19-12(3)4)9-13-6-7-14(17)8-15(13)18/h6-8,11-12,19H,9-10H2,1-5H3. The Labute approximate surface area is 127 Å². The van der Waals surface area contributed by atoms with Crippen LogP contribution in [0.2, 0.25) is 10.0 Å². The Bertz CT molecular complexity index is 415. The van der Waals surface area contributed by atoms with Crippen LogP contribution in [0.3, 0.4) is 0 Å². The van der Waals surface area contributed by atoms with E-state index >= 15 is 0 Å². The van der Waals surface area contributed by atoms with E-state index in [2.05, 4.69) is 39.9 Å². The first kappa shape index (κ1) is 16.8. The quantitative estimate of drug-likeness (QED) is 0.762. The Kier molecular flexibility index (Phi) is 6.16. The molecule has 0 radical (unpaired) electrons. The molecule has 0 spiro atoms. The van der Waals surface area contributed by atoms with Gasteiger partial charge in [-0.2, -0.15) is 0 Å². The number of nitrogens with one attached hydrogen (secondary N) is 1. The molecule has 0 amide bonds. The molecule has 1 aromatic rings. The minimum Gasteiger partial charge on any atom is -0.314 e. The molecular weight excluding hydrogens is 277 g/mol. The summed E-state index contributed by atoms with van der Waals surface area (Å²) in [6.07, 6.45) is 0.959. The summed E-state index contributed by atoms with van der Waals surface area (Å²) in [4.78, 5) is 0. The zero-order valence-corrected chi connectivity index (χ0v) is 14.1. The smallest absolute Gasteiger partial charge is 0.0453 e. The van der Waals surface area contributed by atoms with Crippen molar-refractivity contribution in [2.75, 3.05) is 6.54 Å². The van der Waals surface area contributed by atoms with Crippen molar-refractivity contribution in [2.45, 2.75) is 47.1 Å². The van der Waals surface area contributed by atoms with Gasteiger partial charge in [-0.15, -0.1) is 0 Å². The van der Waals surface area contributed by atoms with Crippen molar-refractivity contribution in [1.82, 2.24) is 5.32 Å². The normalized spacial score (nSPS) is 15.0. The first-order valence-corrected chi connectivity index (χ1v) is 7.67. The Morgan fingerprint density at radius 3 is 2.26 bits per heavy atom. The molecule has 1 rings (SSSR count). The Morgan fingerprint density at radius 2 is 1.79 bits per heavy atom. The van der Waals surface area contributed by atoms with Crippen molar-refractivity contribution >= 4 is 23.2 Å². The largest absolute Gasteiger partial charge is 0.314 e. The van der Waals surface area contributed by atoms with E-state index in [0.29, 0.717) is 17.0 Å². The third kappa shape index (κ3) is 4.98. The molecule has 0 aliphatic heterocycles. The molecule has 1 atom stereocenters. The fourth-order valence-corrected chi connectivity index (χ4v) is 2.48. The van der Waals surface area contributed by atoms with Gasteiger partial charge in [0.1, 0.15) is 0 Å². The van der Waals surface area contributed by atoms with Gasteiger partial charge in [-0.05, 0) is 35.4 Å². The molecule has 1 nitrogen and oxygen atoms in total. The van der Waals surface area contributed by atoms with Gasteiger partial charge >= 0.3 is 0 Å². The first-order chi connectivity index (χ1) is 8.74. The highest BCUT2D eigenvalue weighted by Gasteiger charge is 2.29. The van der Waals surface area contributed by atoms with Gasteiger partial charge in [0.25, 0.3) is 0 Å². The van der Waals surface area contributed by atoms with Crippen LogP contribution in [0.15, 0.2) is 18.2 Å². The van der Waals surface area contributed by atoms with Gasteiger partial charge in [-0.1, -0.05) is 63.9 Å². The van der Waals surface area contributed by atoms with Gasteiger partial charge in [-0.3, -0.25) is 0 Å². The van der Waals surface area contributed by atoms with Crippen LogP contribution in [0.5, 0.6) is 0 Å². The second-order valence-corrected chi connectivity index (χ2v) is 7.10. The SMILES string of the molecule is CC(C)NCC(C)(Cc1ccc(Cl)cc1Cl)C(C)C. The highest BCUT2D eigenvalue weighted by Crippen LogP contribution is 2.34. The summed E-state index contributed by atoms with van der Waals surface area (Å²) in [5.74, 6) is 0.575. The molecular formula is C16H25Cl2N. The lowest BCUT2D eigenvalue weighted by molar-refractivity contribution is 0.202. The molecule has 0 aliphatic carbocycles. The maximum Gasteiger partial charge on any atom is 0.0453 e. The second-order valence-electron chi connectivity index (χ2n) is 6.26. The van der Waals surface area contributed by atoms with Gasteiger partial charge in [0.15, 0.2) is 0 Å². The lowest BCUT2D eigenvalue weighted by Crippen LogP contribution is -2.40. The Balaban J connectivity index is 2.88. The Hall–Kier alpha value is -0.240. The van der Waals surface area contributed by atoms with E-state index < -0.39 is 0 Å². The lowest BCUT2D eigenvalue weighted by Gasteiger charge is -2.35. The molecule has 0 saturated carbocycles. The van der Waals surface area contributed by atoms with E-state index in [1.807, 2.05) is 18.2 Å². The van der Waals surface area contributed by atoms with Crippen molar-refractivity contribution in [3.05, 3.63) is 33.8 Å². The van der Waals surface area contributed by atoms with Crippen molar-refractivity contribution in [3.8, 4) is 0 Å². The Morgan fingerprint density at radius 1 is 1.16 bits per heavy atom. The number of hydrogen-bond acceptors (Lipinski definition) is 1. The van der Waals surface area contributed by atoms with Crippen LogP contribution in [-0.4, -0.2) is 12.6 Å². The molecule has 0 bridgehead atoms. The molecule has 108 valence electrons. The number of benzene rings is 1. The molecule has 0 heterocycles. The molecule has 0 saturated heterocycles.